The summed E-state index contributed by atoms with van der Waals surface area (Å²) < 4.78 is 3.19. The summed E-state index contributed by atoms with van der Waals surface area (Å²) in [6.45, 7) is 2.25. The van der Waals surface area contributed by atoms with Crippen molar-refractivity contribution in [2.24, 2.45) is 5.92 Å². The summed E-state index contributed by atoms with van der Waals surface area (Å²) in [5.41, 5.74) is 0.339. The van der Waals surface area contributed by atoms with E-state index in [0.717, 1.165) is 23.5 Å². The van der Waals surface area contributed by atoms with Crippen LogP contribution >= 0.6 is 28.3 Å². The van der Waals surface area contributed by atoms with Crippen LogP contribution in [0.25, 0.3) is 0 Å². The van der Waals surface area contributed by atoms with E-state index >= 15 is 0 Å². The average Bonchev–Trinajstić information content (AvgIpc) is 2.50. The van der Waals surface area contributed by atoms with Crippen molar-refractivity contribution in [2.75, 3.05) is 13.1 Å². The fourth-order valence-electron chi connectivity index (χ4n) is 2.22. The van der Waals surface area contributed by atoms with Gasteiger partial charge in [-0.25, -0.2) is 0 Å². The zero-order valence-electron chi connectivity index (χ0n) is 7.03. The van der Waals surface area contributed by atoms with E-state index in [1.165, 1.54) is 6.42 Å². The first-order chi connectivity index (χ1) is 5.81. The molecule has 0 amide bonds. The molecule has 1 aliphatic carbocycles. The molecular formula is C8H11BrClN3. The van der Waals surface area contributed by atoms with Crippen LogP contribution in [0.1, 0.15) is 6.42 Å². The number of aromatic nitrogens is 2. The van der Waals surface area contributed by atoms with Gasteiger partial charge in [-0.05, 0) is 22.4 Å². The van der Waals surface area contributed by atoms with Crippen LogP contribution in [-0.2, 0) is 5.54 Å². The number of rotatable bonds is 1. The summed E-state index contributed by atoms with van der Waals surface area (Å²) in [7, 11) is 0. The number of nitrogens with zero attached hydrogens (tertiary/aromatic N) is 2. The molecule has 0 aromatic carbocycles. The lowest BCUT2D eigenvalue weighted by atomic mass is 10.2. The zero-order valence-corrected chi connectivity index (χ0v) is 9.44. The van der Waals surface area contributed by atoms with Crippen molar-refractivity contribution in [2.45, 2.75) is 12.0 Å². The van der Waals surface area contributed by atoms with E-state index in [4.69, 9.17) is 0 Å². The summed E-state index contributed by atoms with van der Waals surface area (Å²) >= 11 is 3.42. The van der Waals surface area contributed by atoms with Crippen LogP contribution in [0.15, 0.2) is 16.9 Å². The van der Waals surface area contributed by atoms with Gasteiger partial charge in [0.05, 0.1) is 16.2 Å². The quantitative estimate of drug-likeness (QED) is 0.831. The van der Waals surface area contributed by atoms with Crippen LogP contribution in [0, 0.1) is 5.92 Å². The average molecular weight is 265 g/mol. The fraction of sp³-hybridized carbons (Fsp3) is 0.625. The molecule has 1 saturated carbocycles. The smallest absolute Gasteiger partial charge is 0.0796 e. The van der Waals surface area contributed by atoms with Gasteiger partial charge in [-0.3, -0.25) is 4.68 Å². The van der Waals surface area contributed by atoms with Gasteiger partial charge in [0.25, 0.3) is 0 Å². The highest BCUT2D eigenvalue weighted by Crippen LogP contribution is 2.52. The molecule has 2 fully saturated rings. The number of halogens is 2. The standard InChI is InChI=1S/C8H10BrN3.ClH/c9-7-3-11-12(4-7)8-1-6(8)2-10-5-8;/h3-4,6,10H,1-2,5H2;1H. The van der Waals surface area contributed by atoms with Crippen molar-refractivity contribution < 1.29 is 0 Å². The molecule has 2 aliphatic rings. The molecule has 1 saturated heterocycles. The number of hydrogen-bond acceptors (Lipinski definition) is 2. The molecule has 0 radical (unpaired) electrons. The molecule has 5 heteroatoms. The number of piperidine rings is 1. The molecule has 13 heavy (non-hydrogen) atoms. The lowest BCUT2D eigenvalue weighted by Gasteiger charge is -2.11. The number of hydrogen-bond donors (Lipinski definition) is 1. The zero-order chi connectivity index (χ0) is 8.18. The minimum atomic E-state index is 0. The van der Waals surface area contributed by atoms with Crippen molar-refractivity contribution in [3.8, 4) is 0 Å². The van der Waals surface area contributed by atoms with Crippen molar-refractivity contribution in [3.05, 3.63) is 16.9 Å². The molecule has 1 aliphatic heterocycles. The molecule has 3 rings (SSSR count). The molecule has 0 spiro atoms. The van der Waals surface area contributed by atoms with Crippen LogP contribution in [0.2, 0.25) is 0 Å². The van der Waals surface area contributed by atoms with Crippen molar-refractivity contribution in [3.63, 3.8) is 0 Å². The SMILES string of the molecule is Brc1cnn(C23CNCC2C3)c1.Cl. The van der Waals surface area contributed by atoms with Gasteiger partial charge in [0.15, 0.2) is 0 Å². The Morgan fingerprint density at radius 2 is 2.54 bits per heavy atom. The second-order valence-electron chi connectivity index (χ2n) is 3.74. The monoisotopic (exact) mass is 263 g/mol. The van der Waals surface area contributed by atoms with E-state index in [2.05, 4.69) is 37.2 Å². The van der Waals surface area contributed by atoms with Crippen molar-refractivity contribution in [1.82, 2.24) is 15.1 Å². The first kappa shape index (κ1) is 9.49. The second kappa shape index (κ2) is 2.97. The highest BCUT2D eigenvalue weighted by Gasteiger charge is 2.59. The fourth-order valence-corrected chi connectivity index (χ4v) is 2.50. The maximum Gasteiger partial charge on any atom is 0.0796 e. The molecule has 1 N–H and O–H groups in total. The van der Waals surface area contributed by atoms with Crippen molar-refractivity contribution >= 4 is 28.3 Å². The first-order valence-electron chi connectivity index (χ1n) is 4.23. The molecule has 1 aromatic rings. The molecule has 2 unspecified atom stereocenters. The summed E-state index contributed by atoms with van der Waals surface area (Å²) in [5.74, 6) is 0.823. The van der Waals surface area contributed by atoms with Gasteiger partial charge in [-0.2, -0.15) is 5.10 Å². The molecule has 2 heterocycles. The Labute approximate surface area is 91.4 Å². The predicted octanol–water partition coefficient (Wildman–Crippen LogP) is 1.39. The van der Waals surface area contributed by atoms with Crippen molar-refractivity contribution in [1.29, 1.82) is 0 Å². The van der Waals surface area contributed by atoms with Crippen LogP contribution in [0.3, 0.4) is 0 Å². The topological polar surface area (TPSA) is 29.9 Å². The third kappa shape index (κ3) is 1.23. The Hall–Kier alpha value is -0.0600. The first-order valence-corrected chi connectivity index (χ1v) is 5.02. The third-order valence-corrected chi connectivity index (χ3v) is 3.44. The van der Waals surface area contributed by atoms with Gasteiger partial charge in [-0.1, -0.05) is 0 Å². The van der Waals surface area contributed by atoms with E-state index in [-0.39, 0.29) is 12.4 Å². The maximum absolute atomic E-state index is 4.34. The van der Waals surface area contributed by atoms with Gasteiger partial charge < -0.3 is 5.32 Å². The molecule has 72 valence electrons. The Bertz CT molecular complexity index is 327. The predicted molar refractivity (Wildman–Crippen MR) is 56.1 cm³/mol. The van der Waals surface area contributed by atoms with E-state index in [1.807, 2.05) is 6.20 Å². The molecular weight excluding hydrogens is 253 g/mol. The van der Waals surface area contributed by atoms with Gasteiger partial charge >= 0.3 is 0 Å². The van der Waals surface area contributed by atoms with Crippen LogP contribution in [0.5, 0.6) is 0 Å². The Morgan fingerprint density at radius 3 is 3.00 bits per heavy atom. The summed E-state index contributed by atoms with van der Waals surface area (Å²) in [4.78, 5) is 0. The third-order valence-electron chi connectivity index (χ3n) is 3.03. The minimum absolute atomic E-state index is 0. The maximum atomic E-state index is 4.34. The highest BCUT2D eigenvalue weighted by molar-refractivity contribution is 9.10. The van der Waals surface area contributed by atoms with Gasteiger partial charge in [0.2, 0.25) is 0 Å². The summed E-state index contributed by atoms with van der Waals surface area (Å²) in [6, 6.07) is 0. The molecule has 1 aromatic heterocycles. The Morgan fingerprint density at radius 1 is 1.69 bits per heavy atom. The summed E-state index contributed by atoms with van der Waals surface area (Å²) in [5, 5.41) is 7.74. The normalized spacial score (nSPS) is 35.3. The molecule has 2 atom stereocenters. The Balaban J connectivity index is 0.000000653. The molecule has 3 nitrogen and oxygen atoms in total. The highest BCUT2D eigenvalue weighted by atomic mass is 79.9. The van der Waals surface area contributed by atoms with Gasteiger partial charge in [0.1, 0.15) is 0 Å². The summed E-state index contributed by atoms with van der Waals surface area (Å²) in [6.07, 6.45) is 5.24. The lowest BCUT2D eigenvalue weighted by molar-refractivity contribution is 0.435. The minimum Gasteiger partial charge on any atom is -0.314 e. The lowest BCUT2D eigenvalue weighted by Crippen LogP contribution is -2.25. The largest absolute Gasteiger partial charge is 0.314 e. The van der Waals surface area contributed by atoms with Crippen LogP contribution in [-0.4, -0.2) is 22.9 Å². The van der Waals surface area contributed by atoms with E-state index in [1.54, 1.807) is 0 Å². The Kier molecular flexibility index (Phi) is 2.17. The van der Waals surface area contributed by atoms with E-state index in [9.17, 15) is 0 Å². The number of fused-ring (bicyclic) bond motifs is 1. The molecule has 0 bridgehead atoms. The van der Waals surface area contributed by atoms with Gasteiger partial charge in [-0.15, -0.1) is 12.4 Å². The van der Waals surface area contributed by atoms with E-state index in [0.29, 0.717) is 5.54 Å². The van der Waals surface area contributed by atoms with Crippen LogP contribution in [0.4, 0.5) is 0 Å². The van der Waals surface area contributed by atoms with Crippen LogP contribution < -0.4 is 5.32 Å². The second-order valence-corrected chi connectivity index (χ2v) is 4.65. The van der Waals surface area contributed by atoms with E-state index < -0.39 is 0 Å². The number of nitrogens with one attached hydrogen (secondary N) is 1. The van der Waals surface area contributed by atoms with Gasteiger partial charge in [0, 0.05) is 25.2 Å².